The lowest BCUT2D eigenvalue weighted by molar-refractivity contribution is -0.195. The number of esters is 1. The van der Waals surface area contributed by atoms with Gasteiger partial charge in [-0.1, -0.05) is 17.7 Å². The molecule has 4 fully saturated rings. The van der Waals surface area contributed by atoms with Gasteiger partial charge in [0, 0.05) is 5.56 Å². The van der Waals surface area contributed by atoms with Gasteiger partial charge in [0.05, 0.1) is 11.0 Å². The first-order valence-corrected chi connectivity index (χ1v) is 9.29. The topological polar surface area (TPSA) is 63.6 Å². The van der Waals surface area contributed by atoms with Crippen molar-refractivity contribution in [3.05, 3.63) is 34.9 Å². The maximum absolute atomic E-state index is 12.8. The fraction of sp³-hybridized carbons (Fsp3) is 0.619. The van der Waals surface area contributed by atoms with Gasteiger partial charge in [0.2, 0.25) is 5.78 Å². The van der Waals surface area contributed by atoms with Gasteiger partial charge in [0.25, 0.3) is 0 Å². The normalized spacial score (nSPS) is 35.6. The second-order valence-corrected chi connectivity index (χ2v) is 8.78. The molecule has 0 amide bonds. The highest BCUT2D eigenvalue weighted by molar-refractivity contribution is 5.99. The molecule has 0 radical (unpaired) electrons. The molecule has 4 heteroatoms. The van der Waals surface area contributed by atoms with Crippen molar-refractivity contribution in [1.82, 2.24) is 0 Å². The Morgan fingerprint density at radius 1 is 1.16 bits per heavy atom. The smallest absolute Gasteiger partial charge is 0.312 e. The van der Waals surface area contributed by atoms with E-state index in [1.54, 1.807) is 0 Å². The number of ketones is 1. The van der Waals surface area contributed by atoms with E-state index < -0.39 is 11.0 Å². The number of benzene rings is 1. The number of hydrogen-bond donors (Lipinski definition) is 1. The zero-order valence-corrected chi connectivity index (χ0v) is 15.0. The van der Waals surface area contributed by atoms with Gasteiger partial charge in [0.15, 0.2) is 6.61 Å². The number of aliphatic hydroxyl groups is 1. The summed E-state index contributed by atoms with van der Waals surface area (Å²) < 4.78 is 5.48. The lowest BCUT2D eigenvalue weighted by Crippen LogP contribution is -2.58. The summed E-state index contributed by atoms with van der Waals surface area (Å²) in [5.74, 6) is 0.415. The highest BCUT2D eigenvalue weighted by Crippen LogP contribution is 2.61. The maximum atomic E-state index is 12.8. The SMILES string of the molecule is Cc1ccc(C)c(C(=O)COC(=O)C23CC4CC(CC(O)(C4)C2)C3)c1. The molecule has 4 nitrogen and oxygen atoms in total. The van der Waals surface area contributed by atoms with Crippen molar-refractivity contribution < 1.29 is 19.4 Å². The summed E-state index contributed by atoms with van der Waals surface area (Å²) in [5.41, 5.74) is 1.28. The van der Waals surface area contributed by atoms with Crippen LogP contribution in [0.15, 0.2) is 18.2 Å². The molecule has 1 aromatic rings. The molecule has 1 N–H and O–H groups in total. The van der Waals surface area contributed by atoms with Crippen LogP contribution in [0.4, 0.5) is 0 Å². The summed E-state index contributed by atoms with van der Waals surface area (Å²) in [5, 5.41) is 10.8. The molecule has 0 heterocycles. The number of rotatable bonds is 4. The Labute approximate surface area is 148 Å². The zero-order valence-electron chi connectivity index (χ0n) is 15.0. The third kappa shape index (κ3) is 2.91. The van der Waals surface area contributed by atoms with Crippen molar-refractivity contribution in [2.75, 3.05) is 6.61 Å². The van der Waals surface area contributed by atoms with Crippen LogP contribution in [-0.2, 0) is 9.53 Å². The monoisotopic (exact) mass is 342 g/mol. The lowest BCUT2D eigenvalue weighted by Gasteiger charge is -2.58. The van der Waals surface area contributed by atoms with Crippen LogP contribution in [0.1, 0.15) is 60.0 Å². The molecule has 2 atom stereocenters. The molecule has 0 spiro atoms. The average molecular weight is 342 g/mol. The van der Waals surface area contributed by atoms with Crippen molar-refractivity contribution in [1.29, 1.82) is 0 Å². The van der Waals surface area contributed by atoms with E-state index in [-0.39, 0.29) is 18.4 Å². The van der Waals surface area contributed by atoms with Crippen LogP contribution in [0.3, 0.4) is 0 Å². The second kappa shape index (κ2) is 5.66. The summed E-state index contributed by atoms with van der Waals surface area (Å²) in [4.78, 5) is 25.3. The van der Waals surface area contributed by atoms with Gasteiger partial charge in [-0.2, -0.15) is 0 Å². The highest BCUT2D eigenvalue weighted by atomic mass is 16.5. The molecule has 2 unspecified atom stereocenters. The van der Waals surface area contributed by atoms with Gasteiger partial charge in [-0.3, -0.25) is 9.59 Å². The summed E-state index contributed by atoms with van der Waals surface area (Å²) in [6.07, 6.45) is 4.88. The molecular formula is C21H26O4. The summed E-state index contributed by atoms with van der Waals surface area (Å²) in [6.45, 7) is 3.63. The lowest BCUT2D eigenvalue weighted by atomic mass is 9.48. The Balaban J connectivity index is 1.46. The van der Waals surface area contributed by atoms with E-state index in [9.17, 15) is 14.7 Å². The first-order chi connectivity index (χ1) is 11.8. The quantitative estimate of drug-likeness (QED) is 0.673. The predicted molar refractivity (Wildman–Crippen MR) is 93.3 cm³/mol. The minimum atomic E-state index is -0.694. The van der Waals surface area contributed by atoms with Crippen LogP contribution >= 0.6 is 0 Å². The molecule has 0 saturated heterocycles. The largest absolute Gasteiger partial charge is 0.457 e. The fourth-order valence-corrected chi connectivity index (χ4v) is 5.85. The average Bonchev–Trinajstić information content (AvgIpc) is 2.52. The molecule has 4 aliphatic carbocycles. The van der Waals surface area contributed by atoms with Gasteiger partial charge >= 0.3 is 5.97 Å². The van der Waals surface area contributed by atoms with Crippen LogP contribution in [0.2, 0.25) is 0 Å². The van der Waals surface area contributed by atoms with E-state index >= 15 is 0 Å². The summed E-state index contributed by atoms with van der Waals surface area (Å²) >= 11 is 0. The zero-order chi connectivity index (χ0) is 17.8. The molecule has 4 bridgehead atoms. The maximum Gasteiger partial charge on any atom is 0.312 e. The van der Waals surface area contributed by atoms with Gasteiger partial charge in [-0.15, -0.1) is 0 Å². The molecule has 5 rings (SSSR count). The molecular weight excluding hydrogens is 316 g/mol. The Kier molecular flexibility index (Phi) is 3.80. The van der Waals surface area contributed by atoms with E-state index in [4.69, 9.17) is 4.74 Å². The Bertz CT molecular complexity index is 721. The molecule has 0 aliphatic heterocycles. The first kappa shape index (κ1) is 16.8. The standard InChI is InChI=1S/C21H26O4/c1-13-3-4-14(2)17(5-13)18(22)11-25-19(23)20-7-15-6-16(8-20)10-21(24,9-15)12-20/h3-5,15-16,24H,6-12H2,1-2H3. The van der Waals surface area contributed by atoms with Crippen LogP contribution in [0.25, 0.3) is 0 Å². The Morgan fingerprint density at radius 2 is 1.84 bits per heavy atom. The Morgan fingerprint density at radius 3 is 2.48 bits per heavy atom. The number of aryl methyl sites for hydroxylation is 2. The number of hydrogen-bond acceptors (Lipinski definition) is 4. The van der Waals surface area contributed by atoms with Crippen LogP contribution < -0.4 is 0 Å². The van der Waals surface area contributed by atoms with Crippen molar-refractivity contribution in [2.45, 2.75) is 58.0 Å². The van der Waals surface area contributed by atoms with E-state index in [0.717, 1.165) is 43.2 Å². The van der Waals surface area contributed by atoms with Gasteiger partial charge in [-0.25, -0.2) is 0 Å². The number of carbonyl (C=O) groups excluding carboxylic acids is 2. The predicted octanol–water partition coefficient (Wildman–Crippen LogP) is 3.36. The molecule has 4 saturated carbocycles. The van der Waals surface area contributed by atoms with E-state index in [2.05, 4.69) is 0 Å². The first-order valence-electron chi connectivity index (χ1n) is 9.29. The van der Waals surface area contributed by atoms with Crippen LogP contribution in [0.5, 0.6) is 0 Å². The number of ether oxygens (including phenoxy) is 1. The second-order valence-electron chi connectivity index (χ2n) is 8.78. The third-order valence-electron chi connectivity index (χ3n) is 6.49. The number of Topliss-reactive ketones (excluding diaryl/α,β-unsaturated/α-hetero) is 1. The molecule has 25 heavy (non-hydrogen) atoms. The molecule has 4 aliphatic rings. The molecule has 1 aromatic carbocycles. The van der Waals surface area contributed by atoms with Crippen molar-refractivity contribution in [2.24, 2.45) is 17.3 Å². The van der Waals surface area contributed by atoms with Gasteiger partial charge in [0.1, 0.15) is 0 Å². The van der Waals surface area contributed by atoms with Crippen molar-refractivity contribution in [3.8, 4) is 0 Å². The van der Waals surface area contributed by atoms with Gasteiger partial charge in [-0.05, 0) is 75.8 Å². The summed E-state index contributed by atoms with van der Waals surface area (Å²) in [7, 11) is 0. The minimum absolute atomic E-state index is 0.155. The summed E-state index contributed by atoms with van der Waals surface area (Å²) in [6, 6.07) is 5.73. The van der Waals surface area contributed by atoms with E-state index in [1.807, 2.05) is 32.0 Å². The minimum Gasteiger partial charge on any atom is -0.457 e. The Hall–Kier alpha value is -1.68. The van der Waals surface area contributed by atoms with E-state index in [0.29, 0.717) is 23.8 Å². The van der Waals surface area contributed by atoms with E-state index in [1.165, 1.54) is 0 Å². The van der Waals surface area contributed by atoms with Crippen LogP contribution in [-0.4, -0.2) is 29.1 Å². The van der Waals surface area contributed by atoms with Gasteiger partial charge < -0.3 is 9.84 Å². The highest BCUT2D eigenvalue weighted by Gasteiger charge is 2.60. The third-order valence-corrected chi connectivity index (χ3v) is 6.49. The fourth-order valence-electron chi connectivity index (χ4n) is 5.85. The molecule has 0 aromatic heterocycles. The van der Waals surface area contributed by atoms with Crippen LogP contribution in [0, 0.1) is 31.1 Å². The van der Waals surface area contributed by atoms with Crippen molar-refractivity contribution >= 4 is 11.8 Å². The van der Waals surface area contributed by atoms with Crippen molar-refractivity contribution in [3.63, 3.8) is 0 Å². The molecule has 134 valence electrons. The number of carbonyl (C=O) groups is 2.